The second-order valence-corrected chi connectivity index (χ2v) is 6.03. The van der Waals surface area contributed by atoms with Gasteiger partial charge in [0.2, 0.25) is 0 Å². The van der Waals surface area contributed by atoms with Gasteiger partial charge < -0.3 is 11.1 Å². The number of aliphatic imine (C=N–C) groups is 1. The molecule has 0 radical (unpaired) electrons. The van der Waals surface area contributed by atoms with Gasteiger partial charge in [0.25, 0.3) is 0 Å². The zero-order valence-electron chi connectivity index (χ0n) is 16.2. The van der Waals surface area contributed by atoms with E-state index in [0.717, 1.165) is 5.69 Å². The molecule has 0 aliphatic rings. The van der Waals surface area contributed by atoms with Crippen molar-refractivity contribution < 1.29 is 9.18 Å². The van der Waals surface area contributed by atoms with Crippen molar-refractivity contribution >= 4 is 28.8 Å². The van der Waals surface area contributed by atoms with Crippen LogP contribution in [0.4, 0.5) is 21.6 Å². The Morgan fingerprint density at radius 3 is 2.82 bits per heavy atom. The van der Waals surface area contributed by atoms with Crippen LogP contribution in [0.25, 0.3) is 0 Å². The monoisotopic (exact) mass is 381 g/mol. The van der Waals surface area contributed by atoms with E-state index in [4.69, 9.17) is 5.73 Å². The zero-order valence-corrected chi connectivity index (χ0v) is 16.2. The number of hydrogen-bond acceptors (Lipinski definition) is 5. The minimum Gasteiger partial charge on any atom is -0.397 e. The number of halogens is 1. The Hall–Kier alpha value is -3.48. The van der Waals surface area contributed by atoms with E-state index in [1.54, 1.807) is 30.7 Å². The molecule has 0 amide bonds. The van der Waals surface area contributed by atoms with E-state index in [1.165, 1.54) is 24.3 Å². The average molecular weight is 381 g/mol. The lowest BCUT2D eigenvalue weighted by molar-refractivity contribution is -0.113. The molecule has 0 spiro atoms. The summed E-state index contributed by atoms with van der Waals surface area (Å²) < 4.78 is 14.8. The number of allylic oxidation sites excluding steroid dienone is 5. The minimum atomic E-state index is -0.416. The number of rotatable bonds is 7. The second kappa shape index (κ2) is 10.0. The molecule has 146 valence electrons. The highest BCUT2D eigenvalue weighted by Crippen LogP contribution is 2.21. The number of carbonyl (C=O) groups excluding carboxylic acids is 1. The fourth-order valence-corrected chi connectivity index (χ4v) is 2.38. The Bertz CT molecular complexity index is 953. The molecule has 1 aromatic carbocycles. The molecular formula is C21H24FN5O. The third-order valence-corrected chi connectivity index (χ3v) is 3.66. The van der Waals surface area contributed by atoms with E-state index in [0.29, 0.717) is 23.0 Å². The number of nitrogens with two attached hydrogens (primary N) is 1. The van der Waals surface area contributed by atoms with Crippen LogP contribution in [0.3, 0.4) is 0 Å². The molecule has 0 aliphatic carbocycles. The molecule has 28 heavy (non-hydrogen) atoms. The number of nitrogen functional groups attached to an aromatic ring is 1. The summed E-state index contributed by atoms with van der Waals surface area (Å²) in [6.45, 7) is 5.42. The highest BCUT2D eigenvalue weighted by Gasteiger charge is 2.09. The topological polar surface area (TPSA) is 85.3 Å². The number of aryl methyl sites for hydroxylation is 1. The molecule has 3 N–H and O–H groups in total. The lowest BCUT2D eigenvalue weighted by atomic mass is 10.3. The van der Waals surface area contributed by atoms with Crippen molar-refractivity contribution in [2.45, 2.75) is 20.8 Å². The molecule has 2 aromatic rings. The number of para-hydroxylation sites is 2. The fraction of sp³-hybridized carbons (Fsp3) is 0.190. The molecule has 0 fully saturated rings. The molecule has 0 saturated carbocycles. The van der Waals surface area contributed by atoms with E-state index in [1.807, 2.05) is 31.2 Å². The van der Waals surface area contributed by atoms with Crippen molar-refractivity contribution in [1.82, 2.24) is 9.78 Å². The van der Waals surface area contributed by atoms with Crippen LogP contribution in [0.15, 0.2) is 71.5 Å². The predicted octanol–water partition coefficient (Wildman–Crippen LogP) is 4.34. The second-order valence-electron chi connectivity index (χ2n) is 6.03. The van der Waals surface area contributed by atoms with Crippen molar-refractivity contribution in [2.24, 2.45) is 4.99 Å². The van der Waals surface area contributed by atoms with E-state index >= 15 is 0 Å². The maximum absolute atomic E-state index is 13.2. The fourth-order valence-electron chi connectivity index (χ4n) is 2.38. The quantitative estimate of drug-likeness (QED) is 0.246. The molecule has 1 aromatic heterocycles. The SMILES string of the molecule is C\C=C/C(F)=C\C=C\C(=O)CNc1cc(C)nn1C(C)=Nc1ccccc1N. The lowest BCUT2D eigenvalue weighted by Gasteiger charge is -2.09. The normalized spacial score (nSPS) is 12.9. The molecular weight excluding hydrogens is 357 g/mol. The first-order valence-electron chi connectivity index (χ1n) is 8.80. The minimum absolute atomic E-state index is 0.0431. The van der Waals surface area contributed by atoms with Crippen molar-refractivity contribution in [1.29, 1.82) is 0 Å². The van der Waals surface area contributed by atoms with Gasteiger partial charge in [0.05, 0.1) is 23.6 Å². The number of aromatic nitrogens is 2. The first-order valence-corrected chi connectivity index (χ1v) is 8.80. The highest BCUT2D eigenvalue weighted by atomic mass is 19.1. The third-order valence-electron chi connectivity index (χ3n) is 3.66. The van der Waals surface area contributed by atoms with Gasteiger partial charge >= 0.3 is 0 Å². The summed E-state index contributed by atoms with van der Waals surface area (Å²) in [5.74, 6) is 0.621. The number of hydrogen-bond donors (Lipinski definition) is 2. The molecule has 6 nitrogen and oxygen atoms in total. The van der Waals surface area contributed by atoms with Crippen molar-refractivity contribution in [3.63, 3.8) is 0 Å². The van der Waals surface area contributed by atoms with Crippen LogP contribution in [0.2, 0.25) is 0 Å². The van der Waals surface area contributed by atoms with Crippen molar-refractivity contribution in [3.8, 4) is 0 Å². The van der Waals surface area contributed by atoms with Gasteiger partial charge in [-0.25, -0.2) is 14.1 Å². The summed E-state index contributed by atoms with van der Waals surface area (Å²) in [7, 11) is 0. The summed E-state index contributed by atoms with van der Waals surface area (Å²) in [5.41, 5.74) is 7.93. The largest absolute Gasteiger partial charge is 0.397 e. The van der Waals surface area contributed by atoms with Crippen LogP contribution < -0.4 is 11.1 Å². The van der Waals surface area contributed by atoms with Gasteiger partial charge in [-0.1, -0.05) is 24.3 Å². The van der Waals surface area contributed by atoms with E-state index in [2.05, 4.69) is 15.4 Å². The number of anilines is 2. The van der Waals surface area contributed by atoms with Gasteiger partial charge in [0.15, 0.2) is 5.78 Å². The molecule has 0 bridgehead atoms. The van der Waals surface area contributed by atoms with E-state index in [9.17, 15) is 9.18 Å². The highest BCUT2D eigenvalue weighted by molar-refractivity contribution is 5.94. The van der Waals surface area contributed by atoms with Crippen LogP contribution in [-0.2, 0) is 4.79 Å². The molecule has 2 rings (SSSR count). The summed E-state index contributed by atoms with van der Waals surface area (Å²) in [5, 5.41) is 7.44. The van der Waals surface area contributed by atoms with Crippen LogP contribution in [0.5, 0.6) is 0 Å². The summed E-state index contributed by atoms with van der Waals surface area (Å²) >= 11 is 0. The summed E-state index contributed by atoms with van der Waals surface area (Å²) in [4.78, 5) is 16.5. The van der Waals surface area contributed by atoms with Crippen LogP contribution in [0, 0.1) is 6.92 Å². The van der Waals surface area contributed by atoms with Gasteiger partial charge in [0.1, 0.15) is 17.5 Å². The first-order chi connectivity index (χ1) is 13.4. The molecule has 0 aliphatic heterocycles. The standard InChI is InChI=1S/C21H24FN5O/c1-4-8-17(22)9-7-10-18(28)14-24-21-13-15(2)26-27(21)16(3)25-20-12-6-5-11-19(20)23/h4-13,24H,14,23H2,1-3H3/b8-4-,10-7+,17-9+,25-16?. The van der Waals surface area contributed by atoms with Gasteiger partial charge in [-0.2, -0.15) is 5.10 Å². The van der Waals surface area contributed by atoms with Crippen molar-refractivity contribution in [2.75, 3.05) is 17.6 Å². The molecule has 7 heteroatoms. The van der Waals surface area contributed by atoms with Gasteiger partial charge in [-0.3, -0.25) is 4.79 Å². The Morgan fingerprint density at radius 1 is 1.36 bits per heavy atom. The maximum Gasteiger partial charge on any atom is 0.174 e. The van der Waals surface area contributed by atoms with E-state index in [-0.39, 0.29) is 12.3 Å². The number of ketones is 1. The molecule has 0 atom stereocenters. The Morgan fingerprint density at radius 2 is 2.11 bits per heavy atom. The molecule has 1 heterocycles. The van der Waals surface area contributed by atoms with Crippen molar-refractivity contribution in [3.05, 3.63) is 72.2 Å². The number of benzene rings is 1. The Labute approximate surface area is 164 Å². The van der Waals surface area contributed by atoms with Crippen LogP contribution >= 0.6 is 0 Å². The predicted molar refractivity (Wildman–Crippen MR) is 113 cm³/mol. The third kappa shape index (κ3) is 6.05. The van der Waals surface area contributed by atoms with E-state index < -0.39 is 5.83 Å². The molecule has 0 unspecified atom stereocenters. The first kappa shape index (κ1) is 20.8. The van der Waals surface area contributed by atoms with Gasteiger partial charge in [-0.15, -0.1) is 0 Å². The number of nitrogens with zero attached hydrogens (tertiary/aromatic N) is 3. The van der Waals surface area contributed by atoms with Crippen LogP contribution in [0.1, 0.15) is 19.5 Å². The van der Waals surface area contributed by atoms with Crippen LogP contribution in [-0.4, -0.2) is 27.9 Å². The zero-order chi connectivity index (χ0) is 20.5. The maximum atomic E-state index is 13.2. The smallest absolute Gasteiger partial charge is 0.174 e. The van der Waals surface area contributed by atoms with Gasteiger partial charge in [-0.05, 0) is 51.1 Å². The number of carbonyl (C=O) groups is 1. The molecule has 0 saturated heterocycles. The Balaban J connectivity index is 2.10. The Kier molecular flexibility index (Phi) is 7.45. The lowest BCUT2D eigenvalue weighted by Crippen LogP contribution is -2.18. The average Bonchev–Trinajstić information content (AvgIpc) is 3.03. The summed E-state index contributed by atoms with van der Waals surface area (Å²) in [6, 6.07) is 9.10. The van der Waals surface area contributed by atoms with Gasteiger partial charge in [0, 0.05) is 6.07 Å². The number of nitrogens with one attached hydrogen (secondary N) is 1. The summed E-state index contributed by atoms with van der Waals surface area (Å²) in [6.07, 6.45) is 6.82.